The number of rotatable bonds is 3. The van der Waals surface area contributed by atoms with Gasteiger partial charge in [-0.2, -0.15) is 5.10 Å². The number of hydrogen-bond acceptors (Lipinski definition) is 3. The second-order valence-electron chi connectivity index (χ2n) is 6.86. The van der Waals surface area contributed by atoms with Crippen molar-refractivity contribution in [2.24, 2.45) is 0 Å². The van der Waals surface area contributed by atoms with E-state index in [1.165, 1.54) is 18.3 Å². The van der Waals surface area contributed by atoms with Crippen molar-refractivity contribution in [3.63, 3.8) is 0 Å². The van der Waals surface area contributed by atoms with Gasteiger partial charge in [0.05, 0.1) is 28.0 Å². The van der Waals surface area contributed by atoms with Crippen LogP contribution < -0.4 is 0 Å². The molecule has 0 saturated carbocycles. The first-order valence-electron chi connectivity index (χ1n) is 9.26. The highest BCUT2D eigenvalue weighted by atomic mass is 35.5. The molecule has 2 amide bonds. The molecule has 0 unspecified atom stereocenters. The van der Waals surface area contributed by atoms with Gasteiger partial charge >= 0.3 is 0 Å². The Balaban J connectivity index is 1.40. The highest BCUT2D eigenvalue weighted by Gasteiger charge is 2.27. The largest absolute Gasteiger partial charge is 0.335 e. The fraction of sp³-hybridized carbons (Fsp3) is 0.190. The lowest BCUT2D eigenvalue weighted by atomic mass is 10.1. The smallest absolute Gasteiger partial charge is 0.257 e. The molecule has 1 aliphatic rings. The van der Waals surface area contributed by atoms with Gasteiger partial charge in [-0.1, -0.05) is 23.2 Å². The van der Waals surface area contributed by atoms with E-state index in [0.29, 0.717) is 36.8 Å². The van der Waals surface area contributed by atoms with Gasteiger partial charge in [0.2, 0.25) is 0 Å². The zero-order valence-electron chi connectivity index (χ0n) is 15.8. The molecule has 1 saturated heterocycles. The molecular weight excluding hydrogens is 430 g/mol. The van der Waals surface area contributed by atoms with Crippen molar-refractivity contribution in [2.45, 2.75) is 0 Å². The molecule has 2 heterocycles. The van der Waals surface area contributed by atoms with Crippen molar-refractivity contribution in [1.82, 2.24) is 19.6 Å². The third-order valence-electron chi connectivity index (χ3n) is 4.94. The summed E-state index contributed by atoms with van der Waals surface area (Å²) in [4.78, 5) is 28.8. The Kier molecular flexibility index (Phi) is 5.74. The normalized spacial score (nSPS) is 14.1. The summed E-state index contributed by atoms with van der Waals surface area (Å²) in [6.45, 7) is 1.50. The summed E-state index contributed by atoms with van der Waals surface area (Å²) < 4.78 is 14.8. The van der Waals surface area contributed by atoms with Crippen LogP contribution in [0.4, 0.5) is 4.39 Å². The minimum Gasteiger partial charge on any atom is -0.335 e. The summed E-state index contributed by atoms with van der Waals surface area (Å²) >= 11 is 11.9. The molecule has 0 atom stereocenters. The van der Waals surface area contributed by atoms with Crippen molar-refractivity contribution < 1.29 is 14.0 Å². The van der Waals surface area contributed by atoms with E-state index in [1.54, 1.807) is 32.8 Å². The molecule has 1 aromatic heterocycles. The second kappa shape index (κ2) is 8.45. The van der Waals surface area contributed by atoms with E-state index in [9.17, 15) is 14.0 Å². The topological polar surface area (TPSA) is 58.4 Å². The van der Waals surface area contributed by atoms with Gasteiger partial charge in [0.1, 0.15) is 5.82 Å². The minimum absolute atomic E-state index is 0.0770. The molecule has 154 valence electrons. The average Bonchev–Trinajstić information content (AvgIpc) is 3.24. The summed E-state index contributed by atoms with van der Waals surface area (Å²) in [7, 11) is 0. The molecule has 0 bridgehead atoms. The lowest BCUT2D eigenvalue weighted by Gasteiger charge is -2.34. The summed E-state index contributed by atoms with van der Waals surface area (Å²) in [5.74, 6) is -0.920. The Morgan fingerprint density at radius 1 is 0.900 bits per heavy atom. The van der Waals surface area contributed by atoms with E-state index in [2.05, 4.69) is 5.10 Å². The van der Waals surface area contributed by atoms with Gasteiger partial charge in [0.25, 0.3) is 11.8 Å². The number of halogens is 3. The van der Waals surface area contributed by atoms with Crippen molar-refractivity contribution in [1.29, 1.82) is 0 Å². The summed E-state index contributed by atoms with van der Waals surface area (Å²) in [5, 5.41) is 4.95. The molecular formula is C21H17Cl2FN4O2. The lowest BCUT2D eigenvalue weighted by molar-refractivity contribution is 0.0535. The molecule has 6 nitrogen and oxygen atoms in total. The van der Waals surface area contributed by atoms with Gasteiger partial charge < -0.3 is 9.80 Å². The molecule has 3 aromatic rings. The molecule has 1 aliphatic heterocycles. The Labute approximate surface area is 182 Å². The van der Waals surface area contributed by atoms with Crippen LogP contribution in [0, 0.1) is 5.82 Å². The first-order valence-corrected chi connectivity index (χ1v) is 10.0. The summed E-state index contributed by atoms with van der Waals surface area (Å²) in [5.41, 5.74) is 1.51. The van der Waals surface area contributed by atoms with Crippen LogP contribution in [0.5, 0.6) is 0 Å². The molecule has 1 fully saturated rings. The molecule has 9 heteroatoms. The van der Waals surface area contributed by atoms with E-state index in [0.717, 1.165) is 11.8 Å². The first kappa shape index (κ1) is 20.4. The quantitative estimate of drug-likeness (QED) is 0.612. The highest BCUT2D eigenvalue weighted by Crippen LogP contribution is 2.20. The highest BCUT2D eigenvalue weighted by molar-refractivity contribution is 6.33. The van der Waals surface area contributed by atoms with Crippen molar-refractivity contribution in [3.8, 4) is 5.69 Å². The summed E-state index contributed by atoms with van der Waals surface area (Å²) in [6, 6.07) is 10.8. The number of hydrogen-bond donors (Lipinski definition) is 0. The van der Waals surface area contributed by atoms with Crippen LogP contribution in [-0.2, 0) is 0 Å². The van der Waals surface area contributed by atoms with E-state index < -0.39 is 5.82 Å². The molecule has 0 N–H and O–H groups in total. The third kappa shape index (κ3) is 4.17. The van der Waals surface area contributed by atoms with Crippen LogP contribution >= 0.6 is 23.2 Å². The Bertz CT molecular complexity index is 1090. The Morgan fingerprint density at radius 2 is 1.53 bits per heavy atom. The minimum atomic E-state index is -0.494. The zero-order valence-corrected chi connectivity index (χ0v) is 17.3. The molecule has 0 radical (unpaired) electrons. The predicted octanol–water partition coefficient (Wildman–Crippen LogP) is 3.92. The van der Waals surface area contributed by atoms with Crippen LogP contribution in [0.1, 0.15) is 20.7 Å². The van der Waals surface area contributed by atoms with Gasteiger partial charge in [-0.05, 0) is 42.5 Å². The van der Waals surface area contributed by atoms with Gasteiger partial charge in [-0.15, -0.1) is 0 Å². The van der Waals surface area contributed by atoms with Crippen LogP contribution in [0.2, 0.25) is 10.0 Å². The van der Waals surface area contributed by atoms with Crippen LogP contribution in [0.25, 0.3) is 5.69 Å². The zero-order chi connectivity index (χ0) is 21.3. The fourth-order valence-electron chi connectivity index (χ4n) is 3.30. The van der Waals surface area contributed by atoms with Crippen LogP contribution in [0.3, 0.4) is 0 Å². The van der Waals surface area contributed by atoms with Gasteiger partial charge in [0.15, 0.2) is 0 Å². The molecule has 0 spiro atoms. The molecule has 2 aromatic carbocycles. The fourth-order valence-corrected chi connectivity index (χ4v) is 3.67. The predicted molar refractivity (Wildman–Crippen MR) is 112 cm³/mol. The van der Waals surface area contributed by atoms with Gasteiger partial charge in [0, 0.05) is 37.4 Å². The number of carbonyl (C=O) groups is 2. The van der Waals surface area contributed by atoms with E-state index >= 15 is 0 Å². The monoisotopic (exact) mass is 446 g/mol. The van der Waals surface area contributed by atoms with Crippen LogP contribution in [-0.4, -0.2) is 57.6 Å². The maximum atomic E-state index is 13.2. The van der Waals surface area contributed by atoms with E-state index in [1.807, 2.05) is 12.1 Å². The third-order valence-corrected chi connectivity index (χ3v) is 5.50. The maximum absolute atomic E-state index is 13.2. The number of benzene rings is 2. The van der Waals surface area contributed by atoms with Crippen LogP contribution in [0.15, 0.2) is 54.9 Å². The molecule has 0 aliphatic carbocycles. The standard InChI is InChI=1S/C21H17Cl2FN4O2/c22-15-1-4-17(5-2-15)28-13-14(12-25-28)20(29)26-7-9-27(10-8-26)21(30)18-6-3-16(24)11-19(18)23/h1-6,11-13H,7-10H2. The van der Waals surface area contributed by atoms with E-state index in [-0.39, 0.29) is 22.4 Å². The number of carbonyl (C=O) groups excluding carboxylic acids is 2. The van der Waals surface area contributed by atoms with E-state index in [4.69, 9.17) is 23.2 Å². The SMILES string of the molecule is O=C(c1cnn(-c2ccc(Cl)cc2)c1)N1CCN(C(=O)c2ccc(F)cc2Cl)CC1. The lowest BCUT2D eigenvalue weighted by Crippen LogP contribution is -2.50. The average molecular weight is 447 g/mol. The number of piperazine rings is 1. The van der Waals surface area contributed by atoms with Crippen molar-refractivity contribution in [3.05, 3.63) is 81.8 Å². The Morgan fingerprint density at radius 3 is 2.17 bits per heavy atom. The number of nitrogens with zero attached hydrogens (tertiary/aromatic N) is 4. The maximum Gasteiger partial charge on any atom is 0.257 e. The second-order valence-corrected chi connectivity index (χ2v) is 7.70. The van der Waals surface area contributed by atoms with Crippen molar-refractivity contribution in [2.75, 3.05) is 26.2 Å². The summed E-state index contributed by atoms with van der Waals surface area (Å²) in [6.07, 6.45) is 3.19. The molecule has 4 rings (SSSR count). The Hall–Kier alpha value is -2.90. The van der Waals surface area contributed by atoms with Gasteiger partial charge in [-0.25, -0.2) is 9.07 Å². The molecule has 30 heavy (non-hydrogen) atoms. The number of amides is 2. The number of aromatic nitrogens is 2. The first-order chi connectivity index (χ1) is 14.4. The van der Waals surface area contributed by atoms with Crippen molar-refractivity contribution >= 4 is 35.0 Å². The van der Waals surface area contributed by atoms with Gasteiger partial charge in [-0.3, -0.25) is 9.59 Å².